The number of nitrogens with one attached hydrogen (secondary N) is 1. The SMILES string of the molecule is COC(OC)c1cc2ccc(Br)cc2[nH]1. The van der Waals surface area contributed by atoms with Crippen molar-refractivity contribution in [2.75, 3.05) is 14.2 Å². The molecule has 0 aliphatic rings. The summed E-state index contributed by atoms with van der Waals surface area (Å²) in [5.74, 6) is 0. The molecule has 1 aromatic heterocycles. The number of ether oxygens (including phenoxy) is 2. The Balaban J connectivity index is 2.46. The first-order valence-corrected chi connectivity index (χ1v) is 5.37. The third-order valence-corrected chi connectivity index (χ3v) is 2.78. The molecule has 0 amide bonds. The minimum Gasteiger partial charge on any atom is -0.354 e. The normalized spacial score (nSPS) is 11.5. The number of halogens is 1. The lowest BCUT2D eigenvalue weighted by Gasteiger charge is -2.10. The summed E-state index contributed by atoms with van der Waals surface area (Å²) < 4.78 is 11.4. The van der Waals surface area contributed by atoms with E-state index in [4.69, 9.17) is 9.47 Å². The van der Waals surface area contributed by atoms with Crippen molar-refractivity contribution < 1.29 is 9.47 Å². The van der Waals surface area contributed by atoms with E-state index in [9.17, 15) is 0 Å². The summed E-state index contributed by atoms with van der Waals surface area (Å²) in [5, 5.41) is 1.15. The van der Waals surface area contributed by atoms with Crippen LogP contribution < -0.4 is 0 Å². The van der Waals surface area contributed by atoms with Gasteiger partial charge in [-0.05, 0) is 23.6 Å². The maximum Gasteiger partial charge on any atom is 0.198 e. The Kier molecular flexibility index (Phi) is 3.09. The Labute approximate surface area is 96.5 Å². The lowest BCUT2D eigenvalue weighted by molar-refractivity contribution is -0.108. The topological polar surface area (TPSA) is 34.2 Å². The Morgan fingerprint density at radius 1 is 1.20 bits per heavy atom. The lowest BCUT2D eigenvalue weighted by Crippen LogP contribution is -2.03. The first-order chi connectivity index (χ1) is 7.24. The summed E-state index contributed by atoms with van der Waals surface area (Å²) in [6, 6.07) is 8.11. The van der Waals surface area contributed by atoms with Gasteiger partial charge in [0.25, 0.3) is 0 Å². The van der Waals surface area contributed by atoms with Gasteiger partial charge in [0.2, 0.25) is 0 Å². The van der Waals surface area contributed by atoms with E-state index in [2.05, 4.69) is 20.9 Å². The number of fused-ring (bicyclic) bond motifs is 1. The Bertz CT molecular complexity index is 463. The molecule has 3 nitrogen and oxygen atoms in total. The van der Waals surface area contributed by atoms with Crippen molar-refractivity contribution in [3.8, 4) is 0 Å². The quantitative estimate of drug-likeness (QED) is 0.869. The van der Waals surface area contributed by atoms with Gasteiger partial charge in [0, 0.05) is 24.2 Å². The molecular weight excluding hydrogens is 258 g/mol. The number of hydrogen-bond donors (Lipinski definition) is 1. The smallest absolute Gasteiger partial charge is 0.198 e. The van der Waals surface area contributed by atoms with Gasteiger partial charge in [0.05, 0.1) is 5.69 Å². The molecule has 0 saturated heterocycles. The van der Waals surface area contributed by atoms with Gasteiger partial charge in [-0.1, -0.05) is 22.0 Å². The molecule has 0 fully saturated rings. The van der Waals surface area contributed by atoms with Crippen LogP contribution in [0.4, 0.5) is 0 Å². The predicted octanol–water partition coefficient (Wildman–Crippen LogP) is 3.22. The Morgan fingerprint density at radius 2 is 1.93 bits per heavy atom. The van der Waals surface area contributed by atoms with Gasteiger partial charge < -0.3 is 14.5 Å². The Hall–Kier alpha value is -0.840. The van der Waals surface area contributed by atoms with Crippen LogP contribution in [0.2, 0.25) is 0 Å². The molecule has 15 heavy (non-hydrogen) atoms. The van der Waals surface area contributed by atoms with Crippen LogP contribution in [-0.4, -0.2) is 19.2 Å². The molecule has 0 bridgehead atoms. The fraction of sp³-hybridized carbons (Fsp3) is 0.273. The summed E-state index contributed by atoms with van der Waals surface area (Å²) in [6.07, 6.45) is -0.337. The van der Waals surface area contributed by atoms with Crippen molar-refractivity contribution in [1.29, 1.82) is 0 Å². The van der Waals surface area contributed by atoms with Gasteiger partial charge in [0.1, 0.15) is 0 Å². The lowest BCUT2D eigenvalue weighted by atomic mass is 10.2. The second kappa shape index (κ2) is 4.35. The van der Waals surface area contributed by atoms with E-state index in [1.165, 1.54) is 0 Å². The molecule has 1 aromatic carbocycles. The summed E-state index contributed by atoms with van der Waals surface area (Å²) in [6.45, 7) is 0. The van der Waals surface area contributed by atoms with Gasteiger partial charge in [-0.2, -0.15) is 0 Å². The molecule has 0 aliphatic carbocycles. The zero-order valence-electron chi connectivity index (χ0n) is 8.58. The number of rotatable bonds is 3. The predicted molar refractivity (Wildman–Crippen MR) is 62.8 cm³/mol. The average molecular weight is 270 g/mol. The highest BCUT2D eigenvalue weighted by Gasteiger charge is 2.11. The third-order valence-electron chi connectivity index (χ3n) is 2.29. The summed E-state index contributed by atoms with van der Waals surface area (Å²) in [4.78, 5) is 3.26. The molecule has 0 aliphatic heterocycles. The van der Waals surface area contributed by atoms with Crippen molar-refractivity contribution >= 4 is 26.8 Å². The monoisotopic (exact) mass is 269 g/mol. The third kappa shape index (κ3) is 2.07. The number of hydrogen-bond acceptors (Lipinski definition) is 2. The number of methoxy groups -OCH3 is 2. The van der Waals surface area contributed by atoms with Crippen LogP contribution in [0.15, 0.2) is 28.7 Å². The maximum absolute atomic E-state index is 5.18. The molecule has 1 N–H and O–H groups in total. The molecule has 0 radical (unpaired) electrons. The zero-order valence-corrected chi connectivity index (χ0v) is 10.2. The van der Waals surface area contributed by atoms with Gasteiger partial charge in [0.15, 0.2) is 6.29 Å². The number of aromatic nitrogens is 1. The van der Waals surface area contributed by atoms with Gasteiger partial charge in [-0.15, -0.1) is 0 Å². The van der Waals surface area contributed by atoms with E-state index in [0.717, 1.165) is 21.1 Å². The van der Waals surface area contributed by atoms with E-state index in [1.54, 1.807) is 14.2 Å². The summed E-state index contributed by atoms with van der Waals surface area (Å²) in [7, 11) is 3.24. The summed E-state index contributed by atoms with van der Waals surface area (Å²) in [5.41, 5.74) is 1.99. The van der Waals surface area contributed by atoms with E-state index < -0.39 is 0 Å². The fourth-order valence-electron chi connectivity index (χ4n) is 1.60. The maximum atomic E-state index is 5.18. The molecule has 1 heterocycles. The fourth-order valence-corrected chi connectivity index (χ4v) is 1.96. The highest BCUT2D eigenvalue weighted by Crippen LogP contribution is 2.24. The van der Waals surface area contributed by atoms with E-state index in [0.29, 0.717) is 0 Å². The molecule has 4 heteroatoms. The minimum absolute atomic E-state index is 0.337. The number of H-pyrrole nitrogens is 1. The second-order valence-electron chi connectivity index (χ2n) is 3.26. The van der Waals surface area contributed by atoms with Crippen LogP contribution in [0.5, 0.6) is 0 Å². The van der Waals surface area contributed by atoms with Crippen LogP contribution in [0.1, 0.15) is 12.0 Å². The van der Waals surface area contributed by atoms with Crippen molar-refractivity contribution in [1.82, 2.24) is 4.98 Å². The second-order valence-corrected chi connectivity index (χ2v) is 4.18. The highest BCUT2D eigenvalue weighted by molar-refractivity contribution is 9.10. The van der Waals surface area contributed by atoms with Crippen LogP contribution in [-0.2, 0) is 9.47 Å². The van der Waals surface area contributed by atoms with Crippen molar-refractivity contribution in [2.24, 2.45) is 0 Å². The average Bonchev–Trinajstić information content (AvgIpc) is 2.62. The number of aromatic amines is 1. The molecule has 0 saturated carbocycles. The Morgan fingerprint density at radius 3 is 2.60 bits per heavy atom. The van der Waals surface area contributed by atoms with Gasteiger partial charge in [-0.3, -0.25) is 0 Å². The molecule has 0 unspecified atom stereocenters. The van der Waals surface area contributed by atoms with Crippen LogP contribution >= 0.6 is 15.9 Å². The summed E-state index contributed by atoms with van der Waals surface area (Å²) >= 11 is 3.43. The molecule has 0 spiro atoms. The van der Waals surface area contributed by atoms with Gasteiger partial charge >= 0.3 is 0 Å². The minimum atomic E-state index is -0.337. The molecule has 2 aromatic rings. The van der Waals surface area contributed by atoms with E-state index in [-0.39, 0.29) is 6.29 Å². The molecule has 0 atom stereocenters. The largest absolute Gasteiger partial charge is 0.354 e. The standard InChI is InChI=1S/C11H12BrNO2/c1-14-11(15-2)10-5-7-3-4-8(12)6-9(7)13-10/h3-6,11,13H,1-2H3. The van der Waals surface area contributed by atoms with Crippen LogP contribution in [0, 0.1) is 0 Å². The van der Waals surface area contributed by atoms with E-state index in [1.807, 2.05) is 24.3 Å². The van der Waals surface area contributed by atoms with Crippen molar-refractivity contribution in [3.05, 3.63) is 34.4 Å². The molecular formula is C11H12BrNO2. The van der Waals surface area contributed by atoms with Crippen LogP contribution in [0.3, 0.4) is 0 Å². The zero-order chi connectivity index (χ0) is 10.8. The molecule has 2 rings (SSSR count). The van der Waals surface area contributed by atoms with E-state index >= 15 is 0 Å². The first-order valence-electron chi connectivity index (χ1n) is 4.58. The molecule has 80 valence electrons. The van der Waals surface area contributed by atoms with Crippen molar-refractivity contribution in [3.63, 3.8) is 0 Å². The first kappa shape index (κ1) is 10.7. The van der Waals surface area contributed by atoms with Crippen LogP contribution in [0.25, 0.3) is 10.9 Å². The number of benzene rings is 1. The van der Waals surface area contributed by atoms with Crippen molar-refractivity contribution in [2.45, 2.75) is 6.29 Å². The highest BCUT2D eigenvalue weighted by atomic mass is 79.9. The van der Waals surface area contributed by atoms with Gasteiger partial charge in [-0.25, -0.2) is 0 Å².